The number of hydrogen-bond acceptors (Lipinski definition) is 6. The van der Waals surface area contributed by atoms with Crippen LogP contribution in [0.15, 0.2) is 72.8 Å². The van der Waals surface area contributed by atoms with Gasteiger partial charge in [0.25, 0.3) is 0 Å². The fourth-order valence-corrected chi connectivity index (χ4v) is 5.93. The van der Waals surface area contributed by atoms with E-state index in [2.05, 4.69) is 5.32 Å². The van der Waals surface area contributed by atoms with Crippen LogP contribution in [0.5, 0.6) is 11.5 Å². The van der Waals surface area contributed by atoms with E-state index in [1.54, 1.807) is 23.1 Å². The van der Waals surface area contributed by atoms with Gasteiger partial charge in [0, 0.05) is 38.5 Å². The van der Waals surface area contributed by atoms with Gasteiger partial charge in [-0.05, 0) is 43.0 Å². The molecule has 2 amide bonds. The topological polar surface area (TPSA) is 105 Å². The highest BCUT2D eigenvalue weighted by Crippen LogP contribution is 2.36. The predicted octanol–water partition coefficient (Wildman–Crippen LogP) is 4.44. The molecule has 3 aromatic carbocycles. The zero-order valence-electron chi connectivity index (χ0n) is 24.4. The summed E-state index contributed by atoms with van der Waals surface area (Å²) in [5.74, 6) is 0.603. The summed E-state index contributed by atoms with van der Waals surface area (Å²) < 4.78 is 37.5. The highest BCUT2D eigenvalue weighted by molar-refractivity contribution is 7.92. The molecule has 224 valence electrons. The van der Waals surface area contributed by atoms with Crippen LogP contribution in [0.3, 0.4) is 0 Å². The Balaban J connectivity index is 1.56. The van der Waals surface area contributed by atoms with Crippen LogP contribution in [0, 0.1) is 6.92 Å². The Morgan fingerprint density at radius 2 is 1.69 bits per heavy atom. The van der Waals surface area contributed by atoms with Crippen LogP contribution in [0.1, 0.15) is 42.9 Å². The summed E-state index contributed by atoms with van der Waals surface area (Å²) in [5.41, 5.74) is 3.36. The molecule has 0 bridgehead atoms. The molecule has 0 radical (unpaired) electrons. The molecule has 1 aliphatic rings. The number of hydrogen-bond donors (Lipinski definition) is 1. The van der Waals surface area contributed by atoms with Gasteiger partial charge in [0.1, 0.15) is 6.04 Å². The molecule has 4 rings (SSSR count). The lowest BCUT2D eigenvalue weighted by Gasteiger charge is -2.32. The number of sulfonamides is 1. The van der Waals surface area contributed by atoms with Gasteiger partial charge in [-0.15, -0.1) is 0 Å². The molecular formula is C32H39N3O6S. The summed E-state index contributed by atoms with van der Waals surface area (Å²) in [5, 5.41) is 2.98. The number of carbonyl (C=O) groups is 2. The van der Waals surface area contributed by atoms with Crippen molar-refractivity contribution >= 4 is 27.5 Å². The van der Waals surface area contributed by atoms with Crippen molar-refractivity contribution in [3.63, 3.8) is 0 Å². The quantitative estimate of drug-likeness (QED) is 0.297. The zero-order valence-corrected chi connectivity index (χ0v) is 25.2. The van der Waals surface area contributed by atoms with E-state index in [0.717, 1.165) is 29.4 Å². The van der Waals surface area contributed by atoms with Crippen LogP contribution in [-0.2, 0) is 32.6 Å². The third-order valence-corrected chi connectivity index (χ3v) is 8.25. The largest absolute Gasteiger partial charge is 0.454 e. The van der Waals surface area contributed by atoms with Gasteiger partial charge in [0.15, 0.2) is 11.5 Å². The number of fused-ring (bicyclic) bond motifs is 1. The highest BCUT2D eigenvalue weighted by atomic mass is 32.2. The zero-order chi connectivity index (χ0) is 30.1. The van der Waals surface area contributed by atoms with E-state index in [-0.39, 0.29) is 44.5 Å². The Bertz CT molecular complexity index is 1480. The maximum absolute atomic E-state index is 13.9. The smallest absolute Gasteiger partial charge is 0.243 e. The van der Waals surface area contributed by atoms with E-state index < -0.39 is 16.1 Å². The first kappa shape index (κ1) is 30.9. The monoisotopic (exact) mass is 593 g/mol. The van der Waals surface area contributed by atoms with E-state index in [4.69, 9.17) is 9.47 Å². The number of nitrogens with zero attached hydrogens (tertiary/aromatic N) is 2. The van der Waals surface area contributed by atoms with Crippen molar-refractivity contribution in [3.05, 3.63) is 89.5 Å². The fourth-order valence-electron chi connectivity index (χ4n) is 4.97. The van der Waals surface area contributed by atoms with Gasteiger partial charge in [0.2, 0.25) is 28.6 Å². The van der Waals surface area contributed by atoms with Crippen LogP contribution < -0.4 is 19.1 Å². The lowest BCUT2D eigenvalue weighted by Crippen LogP contribution is -2.50. The Labute approximate surface area is 248 Å². The van der Waals surface area contributed by atoms with Crippen LogP contribution in [-0.4, -0.2) is 57.3 Å². The second kappa shape index (κ2) is 14.2. The molecule has 1 aliphatic heterocycles. The average molecular weight is 594 g/mol. The van der Waals surface area contributed by atoms with Gasteiger partial charge < -0.3 is 19.7 Å². The van der Waals surface area contributed by atoms with Crippen LogP contribution in [0.25, 0.3) is 0 Å². The van der Waals surface area contributed by atoms with Crippen molar-refractivity contribution in [1.29, 1.82) is 0 Å². The lowest BCUT2D eigenvalue weighted by atomic mass is 10.0. The van der Waals surface area contributed by atoms with Gasteiger partial charge in [-0.2, -0.15) is 0 Å². The third-order valence-electron chi connectivity index (χ3n) is 7.05. The number of benzene rings is 3. The molecule has 0 saturated heterocycles. The normalized spacial score (nSPS) is 12.9. The van der Waals surface area contributed by atoms with Crippen molar-refractivity contribution in [2.75, 3.05) is 30.4 Å². The number of nitrogens with one attached hydrogen (secondary N) is 1. The maximum Gasteiger partial charge on any atom is 0.243 e. The molecule has 0 unspecified atom stereocenters. The Morgan fingerprint density at radius 3 is 2.40 bits per heavy atom. The summed E-state index contributed by atoms with van der Waals surface area (Å²) >= 11 is 0. The summed E-state index contributed by atoms with van der Waals surface area (Å²) in [4.78, 5) is 29.0. The van der Waals surface area contributed by atoms with E-state index in [9.17, 15) is 18.0 Å². The van der Waals surface area contributed by atoms with Gasteiger partial charge in [0.05, 0.1) is 11.9 Å². The molecule has 0 saturated carbocycles. The van der Waals surface area contributed by atoms with Gasteiger partial charge in [-0.25, -0.2) is 8.42 Å². The first-order valence-corrected chi connectivity index (χ1v) is 16.0. The Morgan fingerprint density at radius 1 is 0.952 bits per heavy atom. The predicted molar refractivity (Wildman–Crippen MR) is 163 cm³/mol. The summed E-state index contributed by atoms with van der Waals surface area (Å²) in [7, 11) is -3.64. The summed E-state index contributed by atoms with van der Waals surface area (Å²) in [6.45, 7) is 4.91. The van der Waals surface area contributed by atoms with Crippen LogP contribution in [0.2, 0.25) is 0 Å². The first-order chi connectivity index (χ1) is 20.2. The van der Waals surface area contributed by atoms with Crippen molar-refractivity contribution in [2.45, 2.75) is 52.1 Å². The second-order valence-electron chi connectivity index (χ2n) is 10.5. The number of anilines is 1. The number of carbonyl (C=O) groups excluding carboxylic acids is 2. The summed E-state index contributed by atoms with van der Waals surface area (Å²) in [6.07, 6.45) is 2.60. The molecule has 0 aliphatic carbocycles. The van der Waals surface area contributed by atoms with E-state index in [1.807, 2.05) is 68.4 Å². The molecule has 9 nitrogen and oxygen atoms in total. The minimum atomic E-state index is -3.64. The number of amides is 2. The van der Waals surface area contributed by atoms with Gasteiger partial charge in [-0.3, -0.25) is 13.9 Å². The number of ether oxygens (including phenoxy) is 2. The van der Waals surface area contributed by atoms with Gasteiger partial charge in [-0.1, -0.05) is 67.1 Å². The molecule has 10 heteroatoms. The highest BCUT2D eigenvalue weighted by Gasteiger charge is 2.30. The lowest BCUT2D eigenvalue weighted by molar-refractivity contribution is -0.141. The first-order valence-electron chi connectivity index (χ1n) is 14.2. The molecule has 0 spiro atoms. The number of aryl methyl sites for hydroxylation is 1. The van der Waals surface area contributed by atoms with Crippen molar-refractivity contribution in [3.8, 4) is 11.5 Å². The molecular weight excluding hydrogens is 554 g/mol. The standard InChI is InChI=1S/C32H39N3O6S/c1-4-17-33-32(37)28(20-25-11-6-5-7-12-25)34(22-26-13-8-10-24(2)19-26)31(36)14-9-18-35(42(3,38)39)27-15-16-29-30(21-27)41-23-40-29/h5-8,10-13,15-16,19,21,28H,4,9,14,17-18,20,22-23H2,1-3H3,(H,33,37)/t28-/m1/s1. The molecule has 0 aromatic heterocycles. The van der Waals surface area contributed by atoms with Crippen LogP contribution >= 0.6 is 0 Å². The van der Waals surface area contributed by atoms with Crippen molar-refractivity contribution in [2.24, 2.45) is 0 Å². The SMILES string of the molecule is CCCNC(=O)[C@@H](Cc1ccccc1)N(Cc1cccc(C)c1)C(=O)CCCN(c1ccc2c(c1)OCO2)S(C)(=O)=O. The summed E-state index contributed by atoms with van der Waals surface area (Å²) in [6, 6.07) is 21.8. The van der Waals surface area contributed by atoms with Crippen molar-refractivity contribution < 1.29 is 27.5 Å². The fraction of sp³-hybridized carbons (Fsp3) is 0.375. The van der Waals surface area contributed by atoms with E-state index in [1.165, 1.54) is 4.31 Å². The molecule has 1 heterocycles. The maximum atomic E-state index is 13.9. The minimum Gasteiger partial charge on any atom is -0.454 e. The average Bonchev–Trinajstić information content (AvgIpc) is 3.44. The minimum absolute atomic E-state index is 0.0642. The molecule has 1 N–H and O–H groups in total. The third kappa shape index (κ3) is 8.25. The number of rotatable bonds is 14. The Kier molecular flexibility index (Phi) is 10.5. The molecule has 1 atom stereocenters. The second-order valence-corrected chi connectivity index (χ2v) is 12.4. The molecule has 3 aromatic rings. The van der Waals surface area contributed by atoms with Gasteiger partial charge >= 0.3 is 0 Å². The molecule has 42 heavy (non-hydrogen) atoms. The molecule has 0 fully saturated rings. The van der Waals surface area contributed by atoms with E-state index >= 15 is 0 Å². The van der Waals surface area contributed by atoms with Crippen molar-refractivity contribution in [1.82, 2.24) is 10.2 Å². The van der Waals surface area contributed by atoms with E-state index in [0.29, 0.717) is 30.2 Å². The Hall–Kier alpha value is -4.05. The van der Waals surface area contributed by atoms with Crippen LogP contribution in [0.4, 0.5) is 5.69 Å².